The molecule has 0 aromatic rings. The third-order valence-electron chi connectivity index (χ3n) is 9.27. The molecule has 0 aliphatic rings. The highest BCUT2D eigenvalue weighted by Crippen LogP contribution is 2.24. The van der Waals surface area contributed by atoms with Gasteiger partial charge in [0.1, 0.15) is 6.10 Å². The van der Waals surface area contributed by atoms with Crippen LogP contribution in [0.25, 0.3) is 0 Å². The van der Waals surface area contributed by atoms with Gasteiger partial charge in [-0.2, -0.15) is 0 Å². The first kappa shape index (κ1) is 40.8. The molecule has 0 aliphatic heterocycles. The number of aliphatic hydroxyl groups is 1. The smallest absolute Gasteiger partial charge is 0.107 e. The molecule has 2 unspecified atom stereocenters. The summed E-state index contributed by atoms with van der Waals surface area (Å²) in [7, 11) is 0. The van der Waals surface area contributed by atoms with Crippen LogP contribution in [0.2, 0.25) is 0 Å². The van der Waals surface area contributed by atoms with E-state index in [0.717, 1.165) is 38.7 Å². The summed E-state index contributed by atoms with van der Waals surface area (Å²) in [5.74, 6) is 0. The first-order valence-electron chi connectivity index (χ1n) is 18.7. The van der Waals surface area contributed by atoms with Gasteiger partial charge in [-0.05, 0) is 32.1 Å². The second kappa shape index (κ2) is 31.3. The summed E-state index contributed by atoms with van der Waals surface area (Å²) >= 11 is 0. The summed E-state index contributed by atoms with van der Waals surface area (Å²) in [6, 6.07) is 0. The van der Waals surface area contributed by atoms with Crippen LogP contribution in [-0.4, -0.2) is 42.7 Å². The van der Waals surface area contributed by atoms with Crippen molar-refractivity contribution in [1.29, 1.82) is 0 Å². The molecule has 0 bridgehead atoms. The van der Waals surface area contributed by atoms with Crippen molar-refractivity contribution < 1.29 is 14.6 Å². The van der Waals surface area contributed by atoms with Crippen molar-refractivity contribution in [3.05, 3.63) is 0 Å². The monoisotopic (exact) mass is 584 g/mol. The number of hydrogen-bond acceptors (Lipinski definition) is 4. The maximum absolute atomic E-state index is 10.2. The molecular weight excluding hydrogens is 506 g/mol. The van der Waals surface area contributed by atoms with Crippen molar-refractivity contribution in [2.45, 2.75) is 219 Å². The van der Waals surface area contributed by atoms with Crippen LogP contribution in [0.5, 0.6) is 0 Å². The van der Waals surface area contributed by atoms with Crippen LogP contribution in [0, 0.1) is 0 Å². The Morgan fingerprint density at radius 1 is 0.463 bits per heavy atom. The zero-order chi connectivity index (χ0) is 30.3. The van der Waals surface area contributed by atoms with E-state index < -0.39 is 0 Å². The molecule has 4 heteroatoms. The standard InChI is InChI=1S/C37H77NO3/c1-5-9-11-13-15-17-19-21-23-25-27-29-31-40-35(33-37(38,7-3)8-4)36(34-39)41-32-30-28-26-24-22-20-18-16-14-12-10-6-2/h35-36,39H,5-34,38H2,1-4H3. The fraction of sp³-hybridized carbons (Fsp3) is 1.00. The van der Waals surface area contributed by atoms with E-state index in [1.54, 1.807) is 0 Å². The number of rotatable bonds is 34. The number of nitrogens with two attached hydrogens (primary N) is 1. The minimum absolute atomic E-state index is 0.00484. The predicted molar refractivity (Wildman–Crippen MR) is 181 cm³/mol. The van der Waals surface area contributed by atoms with Crippen molar-refractivity contribution in [2.75, 3.05) is 19.8 Å². The van der Waals surface area contributed by atoms with Crippen LogP contribution in [0.1, 0.15) is 201 Å². The van der Waals surface area contributed by atoms with E-state index in [9.17, 15) is 5.11 Å². The molecular formula is C37H77NO3. The van der Waals surface area contributed by atoms with Crippen LogP contribution >= 0.6 is 0 Å². The second-order valence-corrected chi connectivity index (χ2v) is 13.1. The molecule has 4 nitrogen and oxygen atoms in total. The normalized spacial score (nSPS) is 13.6. The van der Waals surface area contributed by atoms with Crippen molar-refractivity contribution in [3.63, 3.8) is 0 Å². The molecule has 41 heavy (non-hydrogen) atoms. The molecule has 0 spiro atoms. The number of unbranched alkanes of at least 4 members (excludes halogenated alkanes) is 22. The average molecular weight is 584 g/mol. The molecule has 0 aromatic carbocycles. The van der Waals surface area contributed by atoms with Crippen LogP contribution < -0.4 is 5.73 Å². The minimum atomic E-state index is -0.277. The van der Waals surface area contributed by atoms with E-state index in [2.05, 4.69) is 27.7 Å². The maximum atomic E-state index is 10.2. The van der Waals surface area contributed by atoms with Gasteiger partial charge < -0.3 is 20.3 Å². The molecule has 0 saturated carbocycles. The summed E-state index contributed by atoms with van der Waals surface area (Å²) in [5, 5.41) is 10.2. The van der Waals surface area contributed by atoms with Gasteiger partial charge in [-0.1, -0.05) is 169 Å². The van der Waals surface area contributed by atoms with Crippen LogP contribution in [0.4, 0.5) is 0 Å². The quantitative estimate of drug-likeness (QED) is 0.0739. The van der Waals surface area contributed by atoms with E-state index in [4.69, 9.17) is 15.2 Å². The molecule has 0 radical (unpaired) electrons. The Bertz CT molecular complexity index is 497. The van der Waals surface area contributed by atoms with Gasteiger partial charge in [0.25, 0.3) is 0 Å². The lowest BCUT2D eigenvalue weighted by molar-refractivity contribution is -0.103. The molecule has 0 saturated heterocycles. The van der Waals surface area contributed by atoms with E-state index in [1.165, 1.54) is 141 Å². The summed E-state index contributed by atoms with van der Waals surface area (Å²) < 4.78 is 12.6. The average Bonchev–Trinajstić information content (AvgIpc) is 2.99. The minimum Gasteiger partial charge on any atom is -0.394 e. The summed E-state index contributed by atoms with van der Waals surface area (Å²) in [6.07, 6.45) is 34.4. The van der Waals surface area contributed by atoms with Gasteiger partial charge in [-0.25, -0.2) is 0 Å². The maximum Gasteiger partial charge on any atom is 0.107 e. The van der Waals surface area contributed by atoms with Crippen molar-refractivity contribution in [1.82, 2.24) is 0 Å². The van der Waals surface area contributed by atoms with Gasteiger partial charge in [0.05, 0.1) is 12.7 Å². The molecule has 0 heterocycles. The third-order valence-corrected chi connectivity index (χ3v) is 9.27. The van der Waals surface area contributed by atoms with E-state index in [-0.39, 0.29) is 24.4 Å². The lowest BCUT2D eigenvalue weighted by atomic mass is 9.86. The first-order valence-corrected chi connectivity index (χ1v) is 18.7. The van der Waals surface area contributed by atoms with E-state index in [1.807, 2.05) is 0 Å². The Labute approximate surface area is 258 Å². The lowest BCUT2D eigenvalue weighted by Crippen LogP contribution is -2.47. The third kappa shape index (κ3) is 26.0. The molecule has 248 valence electrons. The largest absolute Gasteiger partial charge is 0.394 e. The molecule has 2 atom stereocenters. The Kier molecular flexibility index (Phi) is 31.1. The molecule has 0 aromatic heterocycles. The predicted octanol–water partition coefficient (Wildman–Crippen LogP) is 11.1. The van der Waals surface area contributed by atoms with Crippen molar-refractivity contribution in [2.24, 2.45) is 5.73 Å². The molecule has 0 fully saturated rings. The van der Waals surface area contributed by atoms with E-state index >= 15 is 0 Å². The molecule has 3 N–H and O–H groups in total. The zero-order valence-corrected chi connectivity index (χ0v) is 28.7. The van der Waals surface area contributed by atoms with Gasteiger partial charge in [-0.3, -0.25) is 0 Å². The fourth-order valence-corrected chi connectivity index (χ4v) is 5.87. The van der Waals surface area contributed by atoms with Gasteiger partial charge in [0.15, 0.2) is 0 Å². The Morgan fingerprint density at radius 2 is 0.756 bits per heavy atom. The number of ether oxygens (including phenoxy) is 2. The van der Waals surface area contributed by atoms with Gasteiger partial charge in [-0.15, -0.1) is 0 Å². The van der Waals surface area contributed by atoms with Crippen LogP contribution in [0.15, 0.2) is 0 Å². The Hall–Kier alpha value is -0.160. The zero-order valence-electron chi connectivity index (χ0n) is 28.7. The van der Waals surface area contributed by atoms with Crippen LogP contribution in [-0.2, 0) is 9.47 Å². The number of aliphatic hydroxyl groups excluding tert-OH is 1. The number of hydrogen-bond donors (Lipinski definition) is 2. The highest BCUT2D eigenvalue weighted by atomic mass is 16.5. The SMILES string of the molecule is CCCCCCCCCCCCCCOC(CO)C(CC(N)(CC)CC)OCCCCCCCCCCCCCC. The van der Waals surface area contributed by atoms with Gasteiger partial charge in [0.2, 0.25) is 0 Å². The summed E-state index contributed by atoms with van der Waals surface area (Å²) in [6.45, 7) is 10.3. The van der Waals surface area contributed by atoms with E-state index in [0.29, 0.717) is 6.61 Å². The molecule has 0 aliphatic carbocycles. The van der Waals surface area contributed by atoms with Gasteiger partial charge in [0, 0.05) is 18.8 Å². The summed E-state index contributed by atoms with van der Waals surface area (Å²) in [4.78, 5) is 0. The molecule has 0 amide bonds. The van der Waals surface area contributed by atoms with Crippen LogP contribution in [0.3, 0.4) is 0 Å². The Morgan fingerprint density at radius 3 is 1.05 bits per heavy atom. The van der Waals surface area contributed by atoms with Gasteiger partial charge >= 0.3 is 0 Å². The highest BCUT2D eigenvalue weighted by molar-refractivity contribution is 4.87. The Balaban J connectivity index is 4.14. The highest BCUT2D eigenvalue weighted by Gasteiger charge is 2.31. The summed E-state index contributed by atoms with van der Waals surface area (Å²) in [5.41, 5.74) is 6.44. The van der Waals surface area contributed by atoms with Crippen molar-refractivity contribution >= 4 is 0 Å². The second-order valence-electron chi connectivity index (χ2n) is 13.1. The first-order chi connectivity index (χ1) is 20.1. The molecule has 0 rings (SSSR count). The topological polar surface area (TPSA) is 64.7 Å². The lowest BCUT2D eigenvalue weighted by Gasteiger charge is -2.35. The van der Waals surface area contributed by atoms with Crippen molar-refractivity contribution in [3.8, 4) is 0 Å². The fourth-order valence-electron chi connectivity index (χ4n) is 5.87.